The number of rotatable bonds is 11. The number of nitrogens with one attached hydrogen (secondary N) is 1. The quantitative estimate of drug-likeness (QED) is 0.281. The van der Waals surface area contributed by atoms with Gasteiger partial charge in [0.25, 0.3) is 10.1 Å². The molecule has 7 heteroatoms. The van der Waals surface area contributed by atoms with E-state index in [4.69, 9.17) is 9.92 Å². The fraction of sp³-hybridized carbons (Fsp3) is 0.969. The van der Waals surface area contributed by atoms with Gasteiger partial charge in [-0.2, -0.15) is 8.42 Å². The van der Waals surface area contributed by atoms with Gasteiger partial charge in [-0.1, -0.05) is 40.5 Å². The van der Waals surface area contributed by atoms with E-state index in [0.29, 0.717) is 35.5 Å². The van der Waals surface area contributed by atoms with Gasteiger partial charge >= 0.3 is 0 Å². The lowest BCUT2D eigenvalue weighted by Crippen LogP contribution is -2.57. The Bertz CT molecular complexity index is 967. The van der Waals surface area contributed by atoms with Crippen LogP contribution in [0.15, 0.2) is 0 Å². The van der Waals surface area contributed by atoms with Crippen molar-refractivity contribution in [3.8, 4) is 0 Å². The first-order valence-corrected chi connectivity index (χ1v) is 17.6. The predicted molar refractivity (Wildman–Crippen MR) is 158 cm³/mol. The third-order valence-corrected chi connectivity index (χ3v) is 14.7. The molecule has 0 aromatic rings. The summed E-state index contributed by atoms with van der Waals surface area (Å²) >= 11 is 0. The summed E-state index contributed by atoms with van der Waals surface area (Å²) in [5, 5.41) is 2.95. The Morgan fingerprint density at radius 3 is 2.44 bits per heavy atom. The molecule has 6 nitrogen and oxygen atoms in total. The monoisotopic (exact) mass is 566 g/mol. The van der Waals surface area contributed by atoms with Gasteiger partial charge in [0.2, 0.25) is 5.91 Å². The molecule has 0 bridgehead atoms. The van der Waals surface area contributed by atoms with Crippen molar-refractivity contribution in [2.75, 3.05) is 13.2 Å². The van der Waals surface area contributed by atoms with Gasteiger partial charge in [-0.25, -0.2) is 0 Å². The number of nitrogens with two attached hydrogens (primary N) is 1. The summed E-state index contributed by atoms with van der Waals surface area (Å²) < 4.78 is 29.4. The van der Waals surface area contributed by atoms with Crippen molar-refractivity contribution in [1.82, 2.24) is 5.32 Å². The van der Waals surface area contributed by atoms with Crippen LogP contribution in [0.2, 0.25) is 0 Å². The maximum Gasteiger partial charge on any atom is 0.274 e. The van der Waals surface area contributed by atoms with Gasteiger partial charge in [0.15, 0.2) is 0 Å². The Hall–Kier alpha value is -0.660. The Morgan fingerprint density at radius 2 is 1.74 bits per heavy atom. The summed E-state index contributed by atoms with van der Waals surface area (Å²) in [5.74, 6) is 4.65. The molecule has 4 aliphatic rings. The zero-order valence-electron chi connectivity index (χ0n) is 25.8. The molecule has 1 amide bonds. The van der Waals surface area contributed by atoms with Crippen LogP contribution in [0.25, 0.3) is 0 Å². The first-order valence-electron chi connectivity index (χ1n) is 16.2. The molecule has 226 valence electrons. The predicted octanol–water partition coefficient (Wildman–Crippen LogP) is 6.43. The minimum absolute atomic E-state index is 0.0493. The van der Waals surface area contributed by atoms with Crippen molar-refractivity contribution in [3.05, 3.63) is 0 Å². The van der Waals surface area contributed by atoms with E-state index in [0.717, 1.165) is 30.1 Å². The fourth-order valence-electron chi connectivity index (χ4n) is 10.1. The summed E-state index contributed by atoms with van der Waals surface area (Å²) in [6.07, 6.45) is 15.9. The topological polar surface area (TPSA) is 98.5 Å². The second-order valence-electron chi connectivity index (χ2n) is 14.9. The second-order valence-corrected chi connectivity index (χ2v) is 17.1. The highest BCUT2D eigenvalue weighted by Gasteiger charge is 2.60. The highest BCUT2D eigenvalue weighted by molar-refractivity contribution is 7.88. The van der Waals surface area contributed by atoms with Crippen LogP contribution in [0.5, 0.6) is 0 Å². The van der Waals surface area contributed by atoms with Crippen molar-refractivity contribution < 1.29 is 17.4 Å². The first kappa shape index (κ1) is 31.3. The van der Waals surface area contributed by atoms with E-state index in [-0.39, 0.29) is 19.1 Å². The Kier molecular flexibility index (Phi) is 9.55. The van der Waals surface area contributed by atoms with Gasteiger partial charge in [0.1, 0.15) is 4.75 Å². The highest BCUT2D eigenvalue weighted by atomic mass is 32.2. The largest absolute Gasteiger partial charge is 0.350 e. The van der Waals surface area contributed by atoms with Crippen LogP contribution in [0.4, 0.5) is 0 Å². The maximum atomic E-state index is 13.0. The number of hydrogen-bond acceptors (Lipinski definition) is 5. The van der Waals surface area contributed by atoms with Crippen LogP contribution in [-0.4, -0.2) is 38.3 Å². The highest BCUT2D eigenvalue weighted by Crippen LogP contribution is 2.68. The normalized spacial score (nSPS) is 38.3. The van der Waals surface area contributed by atoms with Gasteiger partial charge in [0.05, 0.1) is 12.6 Å². The Balaban J connectivity index is 1.35. The SMILES string of the molecule is CCCOS(=O)(=O)C(C)(C)C(CN)NC(=O)CC[C@@H](C)[C@H]1CCC2C3CCC4CCCC[C@]4(C)C3CC[C@@]21C. The van der Waals surface area contributed by atoms with Crippen LogP contribution in [0.1, 0.15) is 125 Å². The lowest BCUT2D eigenvalue weighted by molar-refractivity contribution is -0.123. The minimum atomic E-state index is -3.86. The third-order valence-electron chi connectivity index (χ3n) is 12.7. The van der Waals surface area contributed by atoms with E-state index in [1.54, 1.807) is 13.8 Å². The van der Waals surface area contributed by atoms with E-state index in [1.165, 1.54) is 64.2 Å². The van der Waals surface area contributed by atoms with E-state index in [1.807, 2.05) is 6.92 Å². The molecule has 0 aromatic heterocycles. The van der Waals surface area contributed by atoms with Crippen LogP contribution in [0.3, 0.4) is 0 Å². The molecule has 39 heavy (non-hydrogen) atoms. The summed E-state index contributed by atoms with van der Waals surface area (Å²) in [6, 6.07) is -0.693. The van der Waals surface area contributed by atoms with E-state index >= 15 is 0 Å². The molecule has 4 fully saturated rings. The number of fused-ring (bicyclic) bond motifs is 5. The number of amides is 1. The summed E-state index contributed by atoms with van der Waals surface area (Å²) in [6.45, 7) is 12.8. The lowest BCUT2D eigenvalue weighted by atomic mass is 9.44. The molecule has 5 unspecified atom stereocenters. The molecular formula is C32H58N2O4S. The molecule has 0 heterocycles. The minimum Gasteiger partial charge on any atom is -0.350 e. The van der Waals surface area contributed by atoms with Crippen LogP contribution >= 0.6 is 0 Å². The number of carbonyl (C=O) groups is 1. The van der Waals surface area contributed by atoms with Crippen LogP contribution in [-0.2, 0) is 19.1 Å². The van der Waals surface area contributed by atoms with Crippen molar-refractivity contribution >= 4 is 16.0 Å². The van der Waals surface area contributed by atoms with Crippen molar-refractivity contribution in [1.29, 1.82) is 0 Å². The molecule has 0 aliphatic heterocycles. The Labute approximate surface area is 239 Å². The molecule has 3 N–H and O–H groups in total. The van der Waals surface area contributed by atoms with Gasteiger partial charge in [0, 0.05) is 13.0 Å². The van der Waals surface area contributed by atoms with Crippen LogP contribution < -0.4 is 11.1 Å². The van der Waals surface area contributed by atoms with Crippen molar-refractivity contribution in [3.63, 3.8) is 0 Å². The van der Waals surface area contributed by atoms with E-state index in [9.17, 15) is 13.2 Å². The van der Waals surface area contributed by atoms with E-state index in [2.05, 4.69) is 26.1 Å². The molecule has 0 saturated heterocycles. The van der Waals surface area contributed by atoms with Gasteiger partial charge in [-0.15, -0.1) is 0 Å². The average Bonchev–Trinajstić information content (AvgIpc) is 3.25. The zero-order valence-corrected chi connectivity index (χ0v) is 26.6. The number of carbonyl (C=O) groups excluding carboxylic acids is 1. The number of hydrogen-bond donors (Lipinski definition) is 2. The average molecular weight is 567 g/mol. The van der Waals surface area contributed by atoms with Crippen LogP contribution in [0, 0.1) is 46.3 Å². The lowest BCUT2D eigenvalue weighted by Gasteiger charge is -2.61. The summed E-state index contributed by atoms with van der Waals surface area (Å²) in [7, 11) is -3.86. The standard InChI is InChI=1S/C32H58N2O4S/c1-7-20-38-39(36,37)30(3,4)28(21-33)34-29(35)16-11-22(2)25-14-15-26-24-13-12-23-10-8-9-18-31(23,5)27(24)17-19-32(25,26)6/h22-28H,7-21,33H2,1-6H3,(H,34,35)/t22-,23?,24?,25-,26?,27?,28?,31+,32-/m1/s1. The van der Waals surface area contributed by atoms with Crippen molar-refractivity contribution in [2.45, 2.75) is 136 Å². The molecule has 4 rings (SSSR count). The second kappa shape index (κ2) is 11.9. The molecule has 4 saturated carbocycles. The molecule has 0 radical (unpaired) electrons. The van der Waals surface area contributed by atoms with Crippen molar-refractivity contribution in [2.24, 2.45) is 52.1 Å². The smallest absolute Gasteiger partial charge is 0.274 e. The molecule has 0 aromatic carbocycles. The first-order chi connectivity index (χ1) is 18.3. The molecule has 4 aliphatic carbocycles. The summed E-state index contributed by atoms with van der Waals surface area (Å²) in [5.41, 5.74) is 6.91. The van der Waals surface area contributed by atoms with Gasteiger partial charge < -0.3 is 11.1 Å². The summed E-state index contributed by atoms with van der Waals surface area (Å²) in [4.78, 5) is 13.0. The molecule has 0 spiro atoms. The Morgan fingerprint density at radius 1 is 1.03 bits per heavy atom. The fourth-order valence-corrected chi connectivity index (χ4v) is 11.3. The van der Waals surface area contributed by atoms with Gasteiger partial charge in [-0.05, 0) is 124 Å². The molecular weight excluding hydrogens is 508 g/mol. The molecule has 9 atom stereocenters. The zero-order chi connectivity index (χ0) is 28.6. The maximum absolute atomic E-state index is 13.0. The van der Waals surface area contributed by atoms with Gasteiger partial charge in [-0.3, -0.25) is 8.98 Å². The van der Waals surface area contributed by atoms with E-state index < -0.39 is 20.9 Å². The third kappa shape index (κ3) is 5.71.